The molecule has 0 fully saturated rings. The molecule has 0 aromatic rings. The van der Waals surface area contributed by atoms with Gasteiger partial charge in [0.2, 0.25) is 0 Å². The summed E-state index contributed by atoms with van der Waals surface area (Å²) in [6, 6.07) is 0. The fourth-order valence-electron chi connectivity index (χ4n) is 4.23. The van der Waals surface area contributed by atoms with Crippen molar-refractivity contribution in [3.8, 4) is 0 Å². The Kier molecular flexibility index (Phi) is 27.7. The van der Waals surface area contributed by atoms with Crippen molar-refractivity contribution in [2.75, 3.05) is 33.0 Å². The molecule has 0 saturated carbocycles. The van der Waals surface area contributed by atoms with E-state index in [1.165, 1.54) is 89.9 Å². The molecule has 2 atom stereocenters. The third kappa shape index (κ3) is 27.1. The number of phosphoric acid groups is 1. The van der Waals surface area contributed by atoms with E-state index in [2.05, 4.69) is 13.8 Å². The van der Waals surface area contributed by atoms with Gasteiger partial charge in [-0.25, -0.2) is 4.57 Å². The summed E-state index contributed by atoms with van der Waals surface area (Å²) in [6.07, 6.45) is 22.5. The first-order chi connectivity index (χ1) is 18.4. The second kappa shape index (κ2) is 28.0. The van der Waals surface area contributed by atoms with Crippen molar-refractivity contribution >= 4 is 13.8 Å². The Labute approximate surface area is 233 Å². The molecular formula is C29H60NO7P. The maximum atomic E-state index is 12.4. The Morgan fingerprint density at radius 3 is 1.66 bits per heavy atom. The third-order valence-corrected chi connectivity index (χ3v) is 7.51. The predicted octanol–water partition coefficient (Wildman–Crippen LogP) is 7.85. The molecule has 0 aliphatic carbocycles. The summed E-state index contributed by atoms with van der Waals surface area (Å²) in [5.41, 5.74) is 5.32. The monoisotopic (exact) mass is 565 g/mol. The van der Waals surface area contributed by atoms with Gasteiger partial charge in [0.15, 0.2) is 0 Å². The Morgan fingerprint density at radius 1 is 0.684 bits per heavy atom. The summed E-state index contributed by atoms with van der Waals surface area (Å²) in [7, 11) is -4.25. The summed E-state index contributed by atoms with van der Waals surface area (Å²) in [6.45, 7) is 4.89. The zero-order chi connectivity index (χ0) is 28.2. The van der Waals surface area contributed by atoms with Crippen LogP contribution >= 0.6 is 7.82 Å². The van der Waals surface area contributed by atoms with Gasteiger partial charge in [-0.05, 0) is 12.8 Å². The molecule has 0 aromatic carbocycles. The van der Waals surface area contributed by atoms with Crippen molar-refractivity contribution in [1.82, 2.24) is 0 Å². The number of carbonyl (C=O) groups excluding carboxylic acids is 1. The van der Waals surface area contributed by atoms with Gasteiger partial charge in [0.1, 0.15) is 6.10 Å². The highest BCUT2D eigenvalue weighted by atomic mass is 31.2. The zero-order valence-electron chi connectivity index (χ0n) is 24.7. The molecule has 0 bridgehead atoms. The van der Waals surface area contributed by atoms with Crippen LogP contribution in [0.2, 0.25) is 0 Å². The summed E-state index contributed by atoms with van der Waals surface area (Å²) in [5, 5.41) is 0. The van der Waals surface area contributed by atoms with Crippen LogP contribution in [0.15, 0.2) is 0 Å². The van der Waals surface area contributed by atoms with E-state index in [9.17, 15) is 14.3 Å². The van der Waals surface area contributed by atoms with E-state index in [4.69, 9.17) is 24.3 Å². The lowest BCUT2D eigenvalue weighted by atomic mass is 10.1. The third-order valence-electron chi connectivity index (χ3n) is 6.52. The molecular weight excluding hydrogens is 505 g/mol. The molecule has 38 heavy (non-hydrogen) atoms. The summed E-state index contributed by atoms with van der Waals surface area (Å²) in [4.78, 5) is 22.1. The van der Waals surface area contributed by atoms with E-state index in [0.717, 1.165) is 32.1 Å². The van der Waals surface area contributed by atoms with Gasteiger partial charge in [-0.2, -0.15) is 0 Å². The van der Waals surface area contributed by atoms with Crippen molar-refractivity contribution < 1.29 is 32.8 Å². The SMILES string of the molecule is CCCCCCCCCCCCC(=O)OC(COCCCCCCCCCCC)COP(=O)(O)OCCN. The highest BCUT2D eigenvalue weighted by Crippen LogP contribution is 2.43. The molecule has 0 aliphatic rings. The Balaban J connectivity index is 4.17. The lowest BCUT2D eigenvalue weighted by Gasteiger charge is -2.20. The highest BCUT2D eigenvalue weighted by molar-refractivity contribution is 7.47. The van der Waals surface area contributed by atoms with Gasteiger partial charge in [-0.3, -0.25) is 13.8 Å². The minimum absolute atomic E-state index is 0.0912. The second-order valence-electron chi connectivity index (χ2n) is 10.3. The first kappa shape index (κ1) is 37.5. The van der Waals surface area contributed by atoms with Gasteiger partial charge in [-0.15, -0.1) is 0 Å². The molecule has 0 radical (unpaired) electrons. The number of nitrogens with two attached hydrogens (primary N) is 1. The Morgan fingerprint density at radius 2 is 1.16 bits per heavy atom. The van der Waals surface area contributed by atoms with Crippen molar-refractivity contribution in [3.63, 3.8) is 0 Å². The van der Waals surface area contributed by atoms with Crippen molar-refractivity contribution in [2.24, 2.45) is 5.73 Å². The molecule has 0 saturated heterocycles. The number of rotatable bonds is 30. The number of unbranched alkanes of at least 4 members (excludes halogenated alkanes) is 17. The molecule has 228 valence electrons. The molecule has 3 N–H and O–H groups in total. The Hall–Kier alpha value is -0.500. The quantitative estimate of drug-likeness (QED) is 0.0514. The van der Waals surface area contributed by atoms with Crippen LogP contribution in [0, 0.1) is 0 Å². The maximum absolute atomic E-state index is 12.4. The summed E-state index contributed by atoms with van der Waals surface area (Å²) >= 11 is 0. The summed E-state index contributed by atoms with van der Waals surface area (Å²) in [5.74, 6) is -0.333. The predicted molar refractivity (Wildman–Crippen MR) is 155 cm³/mol. The van der Waals surface area contributed by atoms with E-state index in [1.807, 2.05) is 0 Å². The van der Waals surface area contributed by atoms with Crippen LogP contribution in [0.25, 0.3) is 0 Å². The van der Waals surface area contributed by atoms with Crippen LogP contribution in [-0.4, -0.2) is 49.9 Å². The summed E-state index contributed by atoms with van der Waals surface area (Å²) < 4.78 is 33.0. The van der Waals surface area contributed by atoms with E-state index in [1.54, 1.807) is 0 Å². The molecule has 0 aromatic heterocycles. The second-order valence-corrected chi connectivity index (χ2v) is 11.8. The van der Waals surface area contributed by atoms with Gasteiger partial charge in [-0.1, -0.05) is 123 Å². The molecule has 0 heterocycles. The number of hydrogen-bond donors (Lipinski definition) is 2. The molecule has 0 aliphatic heterocycles. The number of carbonyl (C=O) groups is 1. The maximum Gasteiger partial charge on any atom is 0.472 e. The molecule has 9 heteroatoms. The van der Waals surface area contributed by atoms with Gasteiger partial charge >= 0.3 is 13.8 Å². The van der Waals surface area contributed by atoms with Crippen molar-refractivity contribution in [1.29, 1.82) is 0 Å². The van der Waals surface area contributed by atoms with Gasteiger partial charge in [0.25, 0.3) is 0 Å². The minimum Gasteiger partial charge on any atom is -0.457 e. The topological polar surface area (TPSA) is 117 Å². The molecule has 0 rings (SSSR count). The zero-order valence-corrected chi connectivity index (χ0v) is 25.6. The minimum atomic E-state index is -4.25. The standard InChI is InChI=1S/C29H60NO7P/c1-3-5-7-9-11-13-14-16-18-20-22-29(31)37-28(27-36-38(32,33)35-25-23-30)26-34-24-21-19-17-15-12-10-8-6-4-2/h28H,3-27,30H2,1-2H3,(H,32,33). The lowest BCUT2D eigenvalue weighted by Crippen LogP contribution is -2.28. The van der Waals surface area contributed by atoms with E-state index < -0.39 is 13.9 Å². The average molecular weight is 566 g/mol. The number of ether oxygens (including phenoxy) is 2. The average Bonchev–Trinajstić information content (AvgIpc) is 2.90. The molecule has 0 spiro atoms. The van der Waals surface area contributed by atoms with Gasteiger partial charge < -0.3 is 20.1 Å². The number of hydrogen-bond acceptors (Lipinski definition) is 7. The van der Waals surface area contributed by atoms with Crippen LogP contribution in [0.1, 0.15) is 142 Å². The molecule has 2 unspecified atom stereocenters. The van der Waals surface area contributed by atoms with E-state index >= 15 is 0 Å². The van der Waals surface area contributed by atoms with Crippen molar-refractivity contribution in [3.05, 3.63) is 0 Å². The van der Waals surface area contributed by atoms with Crippen LogP contribution < -0.4 is 5.73 Å². The van der Waals surface area contributed by atoms with E-state index in [-0.39, 0.29) is 32.3 Å². The molecule has 0 amide bonds. The Bertz CT molecular complexity index is 565. The van der Waals surface area contributed by atoms with Crippen LogP contribution in [0.4, 0.5) is 0 Å². The first-order valence-corrected chi connectivity index (χ1v) is 17.0. The van der Waals surface area contributed by atoms with Gasteiger partial charge in [0.05, 0.1) is 19.8 Å². The van der Waals surface area contributed by atoms with Crippen LogP contribution in [-0.2, 0) is 27.9 Å². The normalized spacial score (nSPS) is 13.9. The highest BCUT2D eigenvalue weighted by Gasteiger charge is 2.25. The molecule has 8 nitrogen and oxygen atoms in total. The van der Waals surface area contributed by atoms with Crippen molar-refractivity contribution in [2.45, 2.75) is 148 Å². The van der Waals surface area contributed by atoms with E-state index in [0.29, 0.717) is 13.0 Å². The number of phosphoric ester groups is 1. The lowest BCUT2D eigenvalue weighted by molar-refractivity contribution is -0.154. The smallest absolute Gasteiger partial charge is 0.457 e. The first-order valence-electron chi connectivity index (χ1n) is 15.5. The fourth-order valence-corrected chi connectivity index (χ4v) is 5.00. The largest absolute Gasteiger partial charge is 0.472 e. The van der Waals surface area contributed by atoms with Crippen LogP contribution in [0.5, 0.6) is 0 Å². The van der Waals surface area contributed by atoms with Crippen LogP contribution in [0.3, 0.4) is 0 Å². The van der Waals surface area contributed by atoms with Gasteiger partial charge in [0, 0.05) is 19.6 Å². The number of esters is 1. The fraction of sp³-hybridized carbons (Fsp3) is 0.966.